The number of rotatable bonds is 2. The van der Waals surface area contributed by atoms with E-state index in [1.54, 1.807) is 5.38 Å². The van der Waals surface area contributed by atoms with Crippen LogP contribution in [0.4, 0.5) is 5.13 Å². The van der Waals surface area contributed by atoms with Crippen LogP contribution in [0.15, 0.2) is 5.38 Å². The molecule has 110 valence electrons. The Morgan fingerprint density at radius 3 is 2.50 bits per heavy atom. The van der Waals surface area contributed by atoms with Gasteiger partial charge in [0.2, 0.25) is 0 Å². The van der Waals surface area contributed by atoms with Gasteiger partial charge in [-0.1, -0.05) is 0 Å². The van der Waals surface area contributed by atoms with E-state index in [0.717, 1.165) is 50.9 Å². The third kappa shape index (κ3) is 2.96. The lowest BCUT2D eigenvalue weighted by atomic mass is 9.79. The van der Waals surface area contributed by atoms with Crippen molar-refractivity contribution >= 4 is 22.4 Å². The first-order chi connectivity index (χ1) is 9.74. The number of anilines is 1. The highest BCUT2D eigenvalue weighted by atomic mass is 32.1. The van der Waals surface area contributed by atoms with Gasteiger partial charge in [0.15, 0.2) is 5.13 Å². The number of hydrogen-bond acceptors (Lipinski definition) is 5. The predicted molar refractivity (Wildman–Crippen MR) is 80.7 cm³/mol. The number of hydrogen-bond donors (Lipinski definition) is 2. The summed E-state index contributed by atoms with van der Waals surface area (Å²) in [7, 11) is 0. The Hall–Kier alpha value is -1.14. The molecule has 0 spiro atoms. The minimum Gasteiger partial charge on any atom is -0.375 e. The fraction of sp³-hybridized carbons (Fsp3) is 0.714. The van der Waals surface area contributed by atoms with E-state index in [1.165, 1.54) is 24.2 Å². The third-order valence-corrected chi connectivity index (χ3v) is 5.29. The molecule has 2 saturated heterocycles. The maximum absolute atomic E-state index is 12.3. The molecule has 1 amide bonds. The van der Waals surface area contributed by atoms with E-state index in [0.29, 0.717) is 10.8 Å². The average molecular weight is 294 g/mol. The van der Waals surface area contributed by atoms with Crippen LogP contribution in [0.2, 0.25) is 0 Å². The molecule has 3 rings (SSSR count). The molecule has 0 bridgehead atoms. The molecular weight excluding hydrogens is 272 g/mol. The van der Waals surface area contributed by atoms with Crippen molar-refractivity contribution in [1.82, 2.24) is 15.2 Å². The Labute approximate surface area is 123 Å². The summed E-state index contributed by atoms with van der Waals surface area (Å²) in [5, 5.41) is 5.65. The van der Waals surface area contributed by atoms with Gasteiger partial charge in [-0.3, -0.25) is 4.79 Å². The molecule has 0 atom stereocenters. The number of likely N-dealkylation sites (tertiary alicyclic amines) is 1. The molecule has 3 heterocycles. The summed E-state index contributed by atoms with van der Waals surface area (Å²) in [6.07, 6.45) is 4.86. The number of nitrogens with zero attached hydrogens (tertiary/aromatic N) is 2. The lowest BCUT2D eigenvalue weighted by Gasteiger charge is -2.37. The van der Waals surface area contributed by atoms with Crippen molar-refractivity contribution in [1.29, 1.82) is 0 Å². The molecule has 2 fully saturated rings. The van der Waals surface area contributed by atoms with E-state index in [1.807, 2.05) is 4.90 Å². The van der Waals surface area contributed by atoms with E-state index in [2.05, 4.69) is 10.3 Å². The monoisotopic (exact) mass is 294 g/mol. The van der Waals surface area contributed by atoms with Gasteiger partial charge in [-0.15, -0.1) is 11.3 Å². The van der Waals surface area contributed by atoms with Crippen LogP contribution < -0.4 is 11.1 Å². The first-order valence-electron chi connectivity index (χ1n) is 7.45. The standard InChI is InChI=1S/C14H22N4OS/c15-14-17-12(9-20-14)13(19)18-7-3-11(4-8-18)10-1-5-16-6-2-10/h9-11,16H,1-8H2,(H2,15,17). The first kappa shape index (κ1) is 13.8. The lowest BCUT2D eigenvalue weighted by molar-refractivity contribution is 0.0637. The number of carbonyl (C=O) groups is 1. The predicted octanol–water partition coefficient (Wildman–Crippen LogP) is 1.58. The minimum absolute atomic E-state index is 0.0433. The number of piperidine rings is 2. The zero-order chi connectivity index (χ0) is 13.9. The fourth-order valence-corrected chi connectivity index (χ4v) is 3.97. The zero-order valence-electron chi connectivity index (χ0n) is 11.7. The van der Waals surface area contributed by atoms with E-state index in [4.69, 9.17) is 5.73 Å². The number of nitrogens with one attached hydrogen (secondary N) is 1. The van der Waals surface area contributed by atoms with Gasteiger partial charge >= 0.3 is 0 Å². The summed E-state index contributed by atoms with van der Waals surface area (Å²) >= 11 is 1.33. The molecule has 3 N–H and O–H groups in total. The van der Waals surface area contributed by atoms with Gasteiger partial charge in [-0.05, 0) is 50.6 Å². The molecule has 2 aliphatic heterocycles. The number of aromatic nitrogens is 1. The summed E-state index contributed by atoms with van der Waals surface area (Å²) in [6.45, 7) is 4.04. The summed E-state index contributed by atoms with van der Waals surface area (Å²) in [5.41, 5.74) is 6.10. The van der Waals surface area contributed by atoms with Gasteiger partial charge < -0.3 is 16.0 Å². The Balaban J connectivity index is 1.54. The second kappa shape index (κ2) is 6.10. The van der Waals surface area contributed by atoms with Gasteiger partial charge in [0.25, 0.3) is 5.91 Å². The lowest BCUT2D eigenvalue weighted by Crippen LogP contribution is -2.42. The molecule has 1 aromatic heterocycles. The highest BCUT2D eigenvalue weighted by Crippen LogP contribution is 2.31. The van der Waals surface area contributed by atoms with Gasteiger partial charge in [0, 0.05) is 18.5 Å². The van der Waals surface area contributed by atoms with Crippen molar-refractivity contribution in [3.8, 4) is 0 Å². The van der Waals surface area contributed by atoms with Gasteiger partial charge in [-0.25, -0.2) is 4.98 Å². The molecule has 6 heteroatoms. The largest absolute Gasteiger partial charge is 0.375 e. The molecule has 2 aliphatic rings. The molecule has 20 heavy (non-hydrogen) atoms. The molecule has 0 aromatic carbocycles. The first-order valence-corrected chi connectivity index (χ1v) is 8.33. The van der Waals surface area contributed by atoms with Crippen LogP contribution in [-0.2, 0) is 0 Å². The molecule has 1 aromatic rings. The highest BCUT2D eigenvalue weighted by molar-refractivity contribution is 7.13. The van der Waals surface area contributed by atoms with Crippen LogP contribution in [0.3, 0.4) is 0 Å². The highest BCUT2D eigenvalue weighted by Gasteiger charge is 2.30. The number of thiazole rings is 1. The minimum atomic E-state index is 0.0433. The van der Waals surface area contributed by atoms with Crippen molar-refractivity contribution in [2.45, 2.75) is 25.7 Å². The van der Waals surface area contributed by atoms with Gasteiger partial charge in [-0.2, -0.15) is 0 Å². The number of nitrogens with two attached hydrogens (primary N) is 1. The van der Waals surface area contributed by atoms with E-state index < -0.39 is 0 Å². The molecular formula is C14H22N4OS. The molecule has 0 radical (unpaired) electrons. The van der Waals surface area contributed by atoms with Crippen LogP contribution in [0, 0.1) is 11.8 Å². The number of amides is 1. The van der Waals surface area contributed by atoms with E-state index >= 15 is 0 Å². The Morgan fingerprint density at radius 2 is 1.90 bits per heavy atom. The second-order valence-corrected chi connectivity index (χ2v) is 6.68. The van der Waals surface area contributed by atoms with Crippen molar-refractivity contribution in [3.05, 3.63) is 11.1 Å². The molecule has 0 unspecified atom stereocenters. The van der Waals surface area contributed by atoms with E-state index in [-0.39, 0.29) is 5.91 Å². The van der Waals surface area contributed by atoms with Crippen LogP contribution in [-0.4, -0.2) is 42.0 Å². The van der Waals surface area contributed by atoms with Crippen molar-refractivity contribution in [3.63, 3.8) is 0 Å². The maximum Gasteiger partial charge on any atom is 0.273 e. The van der Waals surface area contributed by atoms with Crippen molar-refractivity contribution < 1.29 is 4.79 Å². The van der Waals surface area contributed by atoms with E-state index in [9.17, 15) is 4.79 Å². The van der Waals surface area contributed by atoms with Crippen molar-refractivity contribution in [2.24, 2.45) is 11.8 Å². The topological polar surface area (TPSA) is 71.2 Å². The molecule has 0 saturated carbocycles. The number of carbonyl (C=O) groups excluding carboxylic acids is 1. The maximum atomic E-state index is 12.3. The summed E-state index contributed by atoms with van der Waals surface area (Å²) in [6, 6.07) is 0. The van der Waals surface area contributed by atoms with Crippen LogP contribution in [0.25, 0.3) is 0 Å². The summed E-state index contributed by atoms with van der Waals surface area (Å²) < 4.78 is 0. The van der Waals surface area contributed by atoms with Gasteiger partial charge in [0.05, 0.1) is 0 Å². The average Bonchev–Trinajstić information content (AvgIpc) is 2.94. The fourth-order valence-electron chi connectivity index (χ4n) is 3.44. The zero-order valence-corrected chi connectivity index (χ0v) is 12.5. The Kier molecular flexibility index (Phi) is 4.21. The Bertz CT molecular complexity index is 461. The number of nitrogen functional groups attached to an aromatic ring is 1. The normalized spacial score (nSPS) is 22.1. The third-order valence-electron chi connectivity index (χ3n) is 4.62. The van der Waals surface area contributed by atoms with Crippen LogP contribution in [0.1, 0.15) is 36.2 Å². The summed E-state index contributed by atoms with van der Waals surface area (Å²) in [4.78, 5) is 18.3. The smallest absolute Gasteiger partial charge is 0.273 e. The van der Waals surface area contributed by atoms with Gasteiger partial charge in [0.1, 0.15) is 5.69 Å². The molecule has 5 nitrogen and oxygen atoms in total. The van der Waals surface area contributed by atoms with Crippen molar-refractivity contribution in [2.75, 3.05) is 31.9 Å². The second-order valence-electron chi connectivity index (χ2n) is 5.79. The quantitative estimate of drug-likeness (QED) is 0.868. The SMILES string of the molecule is Nc1nc(C(=O)N2CCC(C3CCNCC3)CC2)cs1. The Morgan fingerprint density at radius 1 is 1.25 bits per heavy atom. The van der Waals surface area contributed by atoms with Crippen LogP contribution in [0.5, 0.6) is 0 Å². The van der Waals surface area contributed by atoms with Crippen LogP contribution >= 0.6 is 11.3 Å². The summed E-state index contributed by atoms with van der Waals surface area (Å²) in [5.74, 6) is 1.69. The molecule has 0 aliphatic carbocycles.